The molecule has 2 aromatic carbocycles. The van der Waals surface area contributed by atoms with E-state index in [0.717, 1.165) is 27.7 Å². The lowest BCUT2D eigenvalue weighted by atomic mass is 10.1. The van der Waals surface area contributed by atoms with Gasteiger partial charge in [0.2, 0.25) is 5.91 Å². The first-order chi connectivity index (χ1) is 12.4. The van der Waals surface area contributed by atoms with Crippen LogP contribution in [0, 0.1) is 27.7 Å². The number of thioether (sulfide) groups is 1. The number of nitrogens with one attached hydrogen (secondary N) is 1. The number of imidazole rings is 1. The molecule has 0 fully saturated rings. The van der Waals surface area contributed by atoms with Crippen LogP contribution >= 0.6 is 11.8 Å². The Morgan fingerprint density at radius 2 is 1.54 bits per heavy atom. The molecule has 134 valence electrons. The smallest absolute Gasteiger partial charge is 0.234 e. The molecule has 5 heteroatoms. The fraction of sp³-hybridized carbons (Fsp3) is 0.238. The van der Waals surface area contributed by atoms with Crippen LogP contribution in [0.15, 0.2) is 53.9 Å². The number of benzene rings is 2. The molecule has 0 bridgehead atoms. The van der Waals surface area contributed by atoms with E-state index in [-0.39, 0.29) is 5.91 Å². The predicted molar refractivity (Wildman–Crippen MR) is 108 cm³/mol. The van der Waals surface area contributed by atoms with Crippen LogP contribution in [0.1, 0.15) is 22.3 Å². The molecular weight excluding hydrogens is 342 g/mol. The van der Waals surface area contributed by atoms with Crippen LogP contribution in [-0.2, 0) is 4.79 Å². The van der Waals surface area contributed by atoms with E-state index >= 15 is 0 Å². The third kappa shape index (κ3) is 4.55. The quantitative estimate of drug-likeness (QED) is 0.658. The zero-order chi connectivity index (χ0) is 18.7. The van der Waals surface area contributed by atoms with Gasteiger partial charge in [0.15, 0.2) is 5.16 Å². The second-order valence-electron chi connectivity index (χ2n) is 6.64. The zero-order valence-corrected chi connectivity index (χ0v) is 16.4. The van der Waals surface area contributed by atoms with E-state index in [1.807, 2.05) is 36.7 Å². The van der Waals surface area contributed by atoms with Crippen molar-refractivity contribution in [3.63, 3.8) is 0 Å². The standard InChI is InChI=1S/C21H23N3OS/c1-14-7-15(2)10-18(9-14)23-20(25)13-26-21-22-5-6-24(21)19-11-16(3)8-17(4)12-19/h5-12H,13H2,1-4H3,(H,23,25). The van der Waals surface area contributed by atoms with Crippen molar-refractivity contribution in [3.8, 4) is 5.69 Å². The summed E-state index contributed by atoms with van der Waals surface area (Å²) in [4.78, 5) is 16.7. The number of carbonyl (C=O) groups is 1. The van der Waals surface area contributed by atoms with Gasteiger partial charge in [0, 0.05) is 23.8 Å². The second-order valence-corrected chi connectivity index (χ2v) is 7.58. The van der Waals surface area contributed by atoms with Crippen LogP contribution < -0.4 is 5.32 Å². The summed E-state index contributed by atoms with van der Waals surface area (Å²) >= 11 is 1.44. The number of amides is 1. The number of hydrogen-bond acceptors (Lipinski definition) is 3. The molecule has 0 atom stereocenters. The van der Waals surface area contributed by atoms with E-state index in [0.29, 0.717) is 5.75 Å². The van der Waals surface area contributed by atoms with Crippen LogP contribution in [-0.4, -0.2) is 21.2 Å². The van der Waals surface area contributed by atoms with E-state index in [9.17, 15) is 4.79 Å². The van der Waals surface area contributed by atoms with E-state index in [4.69, 9.17) is 0 Å². The summed E-state index contributed by atoms with van der Waals surface area (Å²) in [5.74, 6) is 0.282. The highest BCUT2D eigenvalue weighted by atomic mass is 32.2. The molecule has 3 aromatic rings. The lowest BCUT2D eigenvalue weighted by Gasteiger charge is -2.10. The number of aryl methyl sites for hydroxylation is 4. The maximum Gasteiger partial charge on any atom is 0.234 e. The molecule has 0 saturated carbocycles. The Balaban J connectivity index is 1.69. The minimum absolute atomic E-state index is 0.0324. The summed E-state index contributed by atoms with van der Waals surface area (Å²) in [7, 11) is 0. The Morgan fingerprint density at radius 1 is 0.962 bits per heavy atom. The van der Waals surface area contributed by atoms with Crippen LogP contribution in [0.2, 0.25) is 0 Å². The molecule has 4 nitrogen and oxygen atoms in total. The summed E-state index contributed by atoms with van der Waals surface area (Å²) < 4.78 is 2.02. The van der Waals surface area contributed by atoms with Gasteiger partial charge in [-0.3, -0.25) is 9.36 Å². The molecule has 0 aliphatic carbocycles. The second kappa shape index (κ2) is 7.79. The monoisotopic (exact) mass is 365 g/mol. The average molecular weight is 366 g/mol. The van der Waals surface area contributed by atoms with Gasteiger partial charge in [-0.1, -0.05) is 23.9 Å². The maximum absolute atomic E-state index is 12.3. The first-order valence-electron chi connectivity index (χ1n) is 8.54. The molecule has 3 rings (SSSR count). The first kappa shape index (κ1) is 18.3. The summed E-state index contributed by atoms with van der Waals surface area (Å²) in [6.45, 7) is 8.21. The fourth-order valence-corrected chi connectivity index (χ4v) is 3.83. The highest BCUT2D eigenvalue weighted by molar-refractivity contribution is 7.99. The van der Waals surface area contributed by atoms with Gasteiger partial charge < -0.3 is 5.32 Å². The Bertz CT molecular complexity index is 906. The van der Waals surface area contributed by atoms with Gasteiger partial charge in [-0.05, 0) is 74.2 Å². The normalized spacial score (nSPS) is 10.8. The maximum atomic E-state index is 12.3. The van der Waals surface area contributed by atoms with E-state index in [1.165, 1.54) is 22.9 Å². The first-order valence-corrected chi connectivity index (χ1v) is 9.52. The minimum atomic E-state index is -0.0324. The molecular formula is C21H23N3OS. The van der Waals surface area contributed by atoms with Gasteiger partial charge in [-0.25, -0.2) is 4.98 Å². The molecule has 0 radical (unpaired) electrons. The van der Waals surface area contributed by atoms with E-state index in [2.05, 4.69) is 48.4 Å². The highest BCUT2D eigenvalue weighted by Gasteiger charge is 2.10. The van der Waals surface area contributed by atoms with Crippen LogP contribution in [0.4, 0.5) is 5.69 Å². The third-order valence-corrected chi connectivity index (χ3v) is 4.90. The Labute approximate surface area is 158 Å². The number of hydrogen-bond donors (Lipinski definition) is 1. The summed E-state index contributed by atoms with van der Waals surface area (Å²) in [6, 6.07) is 12.4. The Morgan fingerprint density at radius 3 is 2.15 bits per heavy atom. The number of carbonyl (C=O) groups excluding carboxylic acids is 1. The summed E-state index contributed by atoms with van der Waals surface area (Å²) in [6.07, 6.45) is 3.69. The van der Waals surface area contributed by atoms with Crippen molar-refractivity contribution in [2.24, 2.45) is 0 Å². The largest absolute Gasteiger partial charge is 0.325 e. The van der Waals surface area contributed by atoms with E-state index in [1.54, 1.807) is 6.20 Å². The van der Waals surface area contributed by atoms with Crippen molar-refractivity contribution in [1.29, 1.82) is 0 Å². The van der Waals surface area contributed by atoms with Crippen LogP contribution in [0.25, 0.3) is 5.69 Å². The predicted octanol–water partition coefficient (Wildman–Crippen LogP) is 4.84. The molecule has 0 aliphatic heterocycles. The minimum Gasteiger partial charge on any atom is -0.325 e. The fourth-order valence-electron chi connectivity index (χ4n) is 3.06. The van der Waals surface area contributed by atoms with Crippen LogP contribution in [0.5, 0.6) is 0 Å². The highest BCUT2D eigenvalue weighted by Crippen LogP contribution is 2.22. The lowest BCUT2D eigenvalue weighted by molar-refractivity contribution is -0.113. The van der Waals surface area contributed by atoms with Gasteiger partial charge in [0.05, 0.1) is 5.75 Å². The number of anilines is 1. The molecule has 1 aromatic heterocycles. The van der Waals surface area contributed by atoms with Gasteiger partial charge in [0.1, 0.15) is 0 Å². The van der Waals surface area contributed by atoms with Gasteiger partial charge in [0.25, 0.3) is 0 Å². The zero-order valence-electron chi connectivity index (χ0n) is 15.5. The SMILES string of the molecule is Cc1cc(C)cc(NC(=O)CSc2nccn2-c2cc(C)cc(C)c2)c1. The van der Waals surface area contributed by atoms with Gasteiger partial charge in [-0.15, -0.1) is 0 Å². The molecule has 1 N–H and O–H groups in total. The van der Waals surface area contributed by atoms with Crippen molar-refractivity contribution < 1.29 is 4.79 Å². The average Bonchev–Trinajstić information content (AvgIpc) is 2.99. The van der Waals surface area contributed by atoms with Crippen molar-refractivity contribution in [2.75, 3.05) is 11.1 Å². The van der Waals surface area contributed by atoms with Gasteiger partial charge >= 0.3 is 0 Å². The molecule has 1 heterocycles. The number of aromatic nitrogens is 2. The van der Waals surface area contributed by atoms with Crippen LogP contribution in [0.3, 0.4) is 0 Å². The number of rotatable bonds is 5. The topological polar surface area (TPSA) is 46.9 Å². The molecule has 0 saturated heterocycles. The molecule has 26 heavy (non-hydrogen) atoms. The third-order valence-electron chi connectivity index (χ3n) is 3.93. The molecule has 0 unspecified atom stereocenters. The van der Waals surface area contributed by atoms with Crippen molar-refractivity contribution in [1.82, 2.24) is 9.55 Å². The van der Waals surface area contributed by atoms with Crippen molar-refractivity contribution in [3.05, 3.63) is 71.0 Å². The van der Waals surface area contributed by atoms with E-state index < -0.39 is 0 Å². The number of nitrogens with zero attached hydrogens (tertiary/aromatic N) is 2. The summed E-state index contributed by atoms with van der Waals surface area (Å²) in [5, 5.41) is 3.78. The summed E-state index contributed by atoms with van der Waals surface area (Å²) in [5.41, 5.74) is 6.59. The lowest BCUT2D eigenvalue weighted by Crippen LogP contribution is -2.14. The van der Waals surface area contributed by atoms with Crippen molar-refractivity contribution in [2.45, 2.75) is 32.9 Å². The Kier molecular flexibility index (Phi) is 5.47. The molecule has 0 aliphatic rings. The van der Waals surface area contributed by atoms with Crippen molar-refractivity contribution >= 4 is 23.4 Å². The van der Waals surface area contributed by atoms with Gasteiger partial charge in [-0.2, -0.15) is 0 Å². The Hall–Kier alpha value is -2.53. The molecule has 1 amide bonds. The molecule has 0 spiro atoms.